The van der Waals surface area contributed by atoms with Crippen LogP contribution in [0.15, 0.2) is 39.7 Å². The number of aryl methyl sites for hydroxylation is 2. The Balaban J connectivity index is 1.65. The number of ether oxygens (including phenoxy) is 1. The summed E-state index contributed by atoms with van der Waals surface area (Å²) in [6.45, 7) is 8.96. The second-order valence-corrected chi connectivity index (χ2v) is 6.55. The van der Waals surface area contributed by atoms with E-state index < -0.39 is 5.76 Å². The Morgan fingerprint density at radius 1 is 1.41 bits per heavy atom. The van der Waals surface area contributed by atoms with Gasteiger partial charge in [-0.25, -0.2) is 9.64 Å². The lowest BCUT2D eigenvalue weighted by molar-refractivity contribution is 0.390. The highest BCUT2D eigenvalue weighted by atomic mass is 16.5. The van der Waals surface area contributed by atoms with E-state index in [0.717, 1.165) is 36.1 Å². The normalized spacial score (nSPS) is 15.8. The molecule has 0 spiro atoms. The van der Waals surface area contributed by atoms with E-state index in [1.807, 2.05) is 13.0 Å². The lowest BCUT2D eigenvalue weighted by Gasteiger charge is -2.23. The number of oxazole rings is 1. The SMILES string of the molecule is [C-]#[N+]c1ccc(Oc2cnc3c(c2)CCC[C@H]3c2oc(=O)[nH]c2O)c(C)c1. The van der Waals surface area contributed by atoms with E-state index in [4.69, 9.17) is 15.7 Å². The molecule has 7 nitrogen and oxygen atoms in total. The molecular weight excluding hydrogens is 346 g/mol. The molecule has 2 aromatic heterocycles. The summed E-state index contributed by atoms with van der Waals surface area (Å²) in [5.41, 5.74) is 3.23. The molecule has 0 unspecified atom stereocenters. The number of fused-ring (bicyclic) bond motifs is 1. The third kappa shape index (κ3) is 3.17. The summed E-state index contributed by atoms with van der Waals surface area (Å²) in [7, 11) is 0. The lowest BCUT2D eigenvalue weighted by atomic mass is 9.85. The number of hydrogen-bond donors (Lipinski definition) is 2. The fraction of sp³-hybridized carbons (Fsp3) is 0.250. The van der Waals surface area contributed by atoms with Crippen LogP contribution in [0.5, 0.6) is 17.4 Å². The van der Waals surface area contributed by atoms with Crippen LogP contribution in [0.25, 0.3) is 4.85 Å². The van der Waals surface area contributed by atoms with Crippen molar-refractivity contribution in [2.24, 2.45) is 0 Å². The van der Waals surface area contributed by atoms with Gasteiger partial charge in [0.1, 0.15) is 11.5 Å². The molecule has 0 saturated heterocycles. The molecule has 2 N–H and O–H groups in total. The van der Waals surface area contributed by atoms with Crippen molar-refractivity contribution in [3.05, 3.63) is 75.0 Å². The molecule has 27 heavy (non-hydrogen) atoms. The number of hydrogen-bond acceptors (Lipinski definition) is 5. The number of aromatic amines is 1. The van der Waals surface area contributed by atoms with Crippen LogP contribution in [0.1, 0.15) is 41.3 Å². The number of benzene rings is 1. The first-order valence-corrected chi connectivity index (χ1v) is 8.62. The van der Waals surface area contributed by atoms with Crippen molar-refractivity contribution in [1.29, 1.82) is 0 Å². The van der Waals surface area contributed by atoms with Gasteiger partial charge in [0.05, 0.1) is 24.4 Å². The van der Waals surface area contributed by atoms with Gasteiger partial charge in [-0.15, -0.1) is 0 Å². The average Bonchev–Trinajstić information content (AvgIpc) is 3.00. The lowest BCUT2D eigenvalue weighted by Crippen LogP contribution is -2.13. The fourth-order valence-electron chi connectivity index (χ4n) is 3.47. The highest BCUT2D eigenvalue weighted by Crippen LogP contribution is 2.39. The molecule has 3 aromatic rings. The van der Waals surface area contributed by atoms with Crippen LogP contribution in [-0.4, -0.2) is 15.1 Å². The zero-order valence-electron chi connectivity index (χ0n) is 14.7. The molecule has 0 bridgehead atoms. The zero-order chi connectivity index (χ0) is 19.0. The smallest absolute Gasteiger partial charge is 0.419 e. The molecule has 1 aliphatic rings. The van der Waals surface area contributed by atoms with Crippen molar-refractivity contribution in [3.8, 4) is 17.4 Å². The van der Waals surface area contributed by atoms with Gasteiger partial charge in [0, 0.05) is 0 Å². The standard InChI is InChI=1S/C20H17N3O4/c1-11-8-13(21-2)6-7-16(11)26-14-9-12-4-3-5-15(17(12)22-10-14)18-19(24)23-20(25)27-18/h6-10,15,24H,3-5H2,1H3,(H,23,25)/t15-/m1/s1. The second kappa shape index (κ2) is 6.65. The number of aromatic hydroxyl groups is 1. The van der Waals surface area contributed by atoms with E-state index in [9.17, 15) is 9.90 Å². The molecule has 4 rings (SSSR count). The van der Waals surface area contributed by atoms with Gasteiger partial charge in [-0.3, -0.25) is 9.97 Å². The summed E-state index contributed by atoms with van der Waals surface area (Å²) in [6.07, 6.45) is 4.09. The summed E-state index contributed by atoms with van der Waals surface area (Å²) < 4.78 is 11.1. The summed E-state index contributed by atoms with van der Waals surface area (Å²) in [4.78, 5) is 21.6. The van der Waals surface area contributed by atoms with Gasteiger partial charge >= 0.3 is 5.76 Å². The number of H-pyrrole nitrogens is 1. The fourth-order valence-corrected chi connectivity index (χ4v) is 3.47. The summed E-state index contributed by atoms with van der Waals surface area (Å²) >= 11 is 0. The van der Waals surface area contributed by atoms with Gasteiger partial charge in [-0.05, 0) is 55.5 Å². The molecule has 2 heterocycles. The topological polar surface area (TPSA) is 92.7 Å². The number of rotatable bonds is 3. The Morgan fingerprint density at radius 2 is 2.26 bits per heavy atom. The van der Waals surface area contributed by atoms with Gasteiger partial charge in [0.2, 0.25) is 5.88 Å². The van der Waals surface area contributed by atoms with Crippen LogP contribution in [0, 0.1) is 13.5 Å². The second-order valence-electron chi connectivity index (χ2n) is 6.55. The molecule has 7 heteroatoms. The van der Waals surface area contributed by atoms with E-state index in [-0.39, 0.29) is 17.6 Å². The Kier molecular flexibility index (Phi) is 4.16. The molecule has 0 amide bonds. The molecule has 1 aliphatic carbocycles. The molecule has 1 atom stereocenters. The van der Waals surface area contributed by atoms with Crippen molar-refractivity contribution < 1.29 is 14.3 Å². The maximum atomic E-state index is 11.4. The highest BCUT2D eigenvalue weighted by Gasteiger charge is 2.29. The van der Waals surface area contributed by atoms with Crippen molar-refractivity contribution in [2.75, 3.05) is 0 Å². The van der Waals surface area contributed by atoms with Crippen LogP contribution < -0.4 is 10.5 Å². The Labute approximate surface area is 155 Å². The highest BCUT2D eigenvalue weighted by molar-refractivity contribution is 5.52. The molecule has 0 fully saturated rings. The monoisotopic (exact) mass is 363 g/mol. The Morgan fingerprint density at radius 3 is 2.96 bits per heavy atom. The van der Waals surface area contributed by atoms with Gasteiger partial charge < -0.3 is 14.3 Å². The predicted molar refractivity (Wildman–Crippen MR) is 97.5 cm³/mol. The first-order valence-electron chi connectivity index (χ1n) is 8.62. The van der Waals surface area contributed by atoms with Crippen molar-refractivity contribution in [2.45, 2.75) is 32.1 Å². The van der Waals surface area contributed by atoms with E-state index >= 15 is 0 Å². The zero-order valence-corrected chi connectivity index (χ0v) is 14.7. The molecule has 0 saturated carbocycles. The minimum atomic E-state index is -0.673. The van der Waals surface area contributed by atoms with Crippen molar-refractivity contribution >= 4 is 5.69 Å². The van der Waals surface area contributed by atoms with Crippen LogP contribution in [0.3, 0.4) is 0 Å². The Bertz CT molecular complexity index is 1110. The minimum Gasteiger partial charge on any atom is -0.492 e. The van der Waals surface area contributed by atoms with E-state index in [1.165, 1.54) is 0 Å². The van der Waals surface area contributed by atoms with E-state index in [1.54, 1.807) is 24.4 Å². The molecule has 1 aromatic carbocycles. The van der Waals surface area contributed by atoms with Gasteiger partial charge in [0.15, 0.2) is 11.4 Å². The van der Waals surface area contributed by atoms with Gasteiger partial charge in [-0.2, -0.15) is 0 Å². The number of nitrogens with zero attached hydrogens (tertiary/aromatic N) is 2. The molecular formula is C20H17N3O4. The number of aromatic nitrogens is 2. The third-order valence-electron chi connectivity index (χ3n) is 4.73. The van der Waals surface area contributed by atoms with Crippen molar-refractivity contribution in [3.63, 3.8) is 0 Å². The van der Waals surface area contributed by atoms with Gasteiger partial charge in [-0.1, -0.05) is 6.07 Å². The maximum absolute atomic E-state index is 11.4. The van der Waals surface area contributed by atoms with E-state index in [2.05, 4.69) is 14.8 Å². The van der Waals surface area contributed by atoms with Crippen LogP contribution in [0.4, 0.5) is 5.69 Å². The van der Waals surface area contributed by atoms with E-state index in [0.29, 0.717) is 17.2 Å². The van der Waals surface area contributed by atoms with Crippen LogP contribution >= 0.6 is 0 Å². The van der Waals surface area contributed by atoms with Crippen LogP contribution in [0.2, 0.25) is 0 Å². The Hall–Kier alpha value is -3.53. The van der Waals surface area contributed by atoms with Crippen molar-refractivity contribution in [1.82, 2.24) is 9.97 Å². The molecule has 136 valence electrons. The quantitative estimate of drug-likeness (QED) is 0.681. The molecule has 0 aliphatic heterocycles. The number of pyridine rings is 1. The third-order valence-corrected chi connectivity index (χ3v) is 4.73. The maximum Gasteiger partial charge on any atom is 0.419 e. The summed E-state index contributed by atoms with van der Waals surface area (Å²) in [5.74, 6) is 0.330. The van der Waals surface area contributed by atoms with Gasteiger partial charge in [0.25, 0.3) is 0 Å². The summed E-state index contributed by atoms with van der Waals surface area (Å²) in [6, 6.07) is 7.20. The first-order chi connectivity index (χ1) is 13.0. The predicted octanol–water partition coefficient (Wildman–Crippen LogP) is 4.19. The first kappa shape index (κ1) is 16.9. The van der Waals surface area contributed by atoms with Crippen LogP contribution in [-0.2, 0) is 6.42 Å². The summed E-state index contributed by atoms with van der Waals surface area (Å²) in [5, 5.41) is 9.91. The average molecular weight is 363 g/mol. The largest absolute Gasteiger partial charge is 0.492 e. The molecule has 0 radical (unpaired) electrons. The number of nitrogens with one attached hydrogen (secondary N) is 1. The minimum absolute atomic E-state index is 0.229.